The molecule has 1 saturated heterocycles. The quantitative estimate of drug-likeness (QED) is 0.843. The first-order valence-electron chi connectivity index (χ1n) is 6.78. The third-order valence-electron chi connectivity index (χ3n) is 3.32. The van der Waals surface area contributed by atoms with E-state index in [-0.39, 0.29) is 0 Å². The Bertz CT molecular complexity index is 341. The molecule has 2 atom stereocenters. The summed E-state index contributed by atoms with van der Waals surface area (Å²) in [6.45, 7) is 4.44. The maximum atomic E-state index is 10.2. The molecule has 2 rings (SSSR count). The Morgan fingerprint density at radius 1 is 1.39 bits per heavy atom. The van der Waals surface area contributed by atoms with Crippen LogP contribution in [0, 0.1) is 5.92 Å². The minimum atomic E-state index is -0.392. The minimum absolute atomic E-state index is 0.392. The lowest BCUT2D eigenvalue weighted by atomic mass is 9.96. The van der Waals surface area contributed by atoms with Gasteiger partial charge in [0.2, 0.25) is 0 Å². The van der Waals surface area contributed by atoms with E-state index in [4.69, 9.17) is 9.47 Å². The number of ether oxygens (including phenoxy) is 2. The highest BCUT2D eigenvalue weighted by Crippen LogP contribution is 2.27. The van der Waals surface area contributed by atoms with Crippen LogP contribution in [0.2, 0.25) is 0 Å². The van der Waals surface area contributed by atoms with Crippen molar-refractivity contribution in [1.29, 1.82) is 0 Å². The van der Waals surface area contributed by atoms with Gasteiger partial charge < -0.3 is 14.6 Å². The Kier molecular flexibility index (Phi) is 5.02. The molecule has 100 valence electrons. The van der Waals surface area contributed by atoms with Crippen molar-refractivity contribution in [2.45, 2.75) is 32.3 Å². The van der Waals surface area contributed by atoms with Crippen LogP contribution in [0.3, 0.4) is 0 Å². The largest absolute Gasteiger partial charge is 0.494 e. The van der Waals surface area contributed by atoms with Crippen LogP contribution in [0.4, 0.5) is 0 Å². The molecule has 0 bridgehead atoms. The fourth-order valence-corrected chi connectivity index (χ4v) is 2.23. The van der Waals surface area contributed by atoms with Gasteiger partial charge in [-0.1, -0.05) is 19.1 Å². The Balaban J connectivity index is 1.87. The van der Waals surface area contributed by atoms with Crippen molar-refractivity contribution in [2.24, 2.45) is 5.92 Å². The second-order valence-electron chi connectivity index (χ2n) is 4.90. The maximum absolute atomic E-state index is 10.2. The van der Waals surface area contributed by atoms with Gasteiger partial charge in [-0.15, -0.1) is 0 Å². The smallest absolute Gasteiger partial charge is 0.119 e. The Labute approximate surface area is 109 Å². The molecule has 1 aliphatic heterocycles. The van der Waals surface area contributed by atoms with Crippen LogP contribution < -0.4 is 4.74 Å². The van der Waals surface area contributed by atoms with E-state index in [1.165, 1.54) is 0 Å². The van der Waals surface area contributed by atoms with Gasteiger partial charge in [0.1, 0.15) is 5.75 Å². The van der Waals surface area contributed by atoms with Crippen molar-refractivity contribution in [3.05, 3.63) is 29.8 Å². The van der Waals surface area contributed by atoms with Crippen LogP contribution in [0.25, 0.3) is 0 Å². The molecular weight excluding hydrogens is 228 g/mol. The van der Waals surface area contributed by atoms with Crippen LogP contribution in [0.1, 0.15) is 37.9 Å². The second-order valence-corrected chi connectivity index (χ2v) is 4.90. The van der Waals surface area contributed by atoms with Crippen LogP contribution in [-0.2, 0) is 4.74 Å². The first kappa shape index (κ1) is 13.4. The van der Waals surface area contributed by atoms with Crippen LogP contribution in [0.15, 0.2) is 24.3 Å². The summed E-state index contributed by atoms with van der Waals surface area (Å²) in [7, 11) is 0. The van der Waals surface area contributed by atoms with Gasteiger partial charge in [0, 0.05) is 13.2 Å². The summed E-state index contributed by atoms with van der Waals surface area (Å²) in [6.07, 6.45) is 2.47. The third-order valence-corrected chi connectivity index (χ3v) is 3.32. The van der Waals surface area contributed by atoms with Crippen molar-refractivity contribution >= 4 is 0 Å². The average molecular weight is 250 g/mol. The molecule has 3 heteroatoms. The molecule has 1 fully saturated rings. The Morgan fingerprint density at radius 2 is 2.17 bits per heavy atom. The maximum Gasteiger partial charge on any atom is 0.119 e. The number of rotatable bonds is 6. The lowest BCUT2D eigenvalue weighted by Crippen LogP contribution is -2.07. The van der Waals surface area contributed by atoms with Crippen molar-refractivity contribution in [1.82, 2.24) is 0 Å². The van der Waals surface area contributed by atoms with E-state index in [0.29, 0.717) is 5.92 Å². The van der Waals surface area contributed by atoms with E-state index in [1.807, 2.05) is 24.3 Å². The molecule has 0 spiro atoms. The molecule has 0 aromatic heterocycles. The highest BCUT2D eigenvalue weighted by molar-refractivity contribution is 5.28. The summed E-state index contributed by atoms with van der Waals surface area (Å²) >= 11 is 0. The van der Waals surface area contributed by atoms with E-state index in [0.717, 1.165) is 50.4 Å². The standard InChI is InChI=1S/C15H22O3/c1-2-8-18-14-5-3-13(4-6-14)15(16)10-12-7-9-17-11-12/h3-6,12,15-16H,2,7-11H2,1H3. The molecule has 1 aromatic carbocycles. The average Bonchev–Trinajstić information content (AvgIpc) is 2.89. The van der Waals surface area contributed by atoms with Crippen LogP contribution in [-0.4, -0.2) is 24.9 Å². The minimum Gasteiger partial charge on any atom is -0.494 e. The number of benzene rings is 1. The first-order chi connectivity index (χ1) is 8.79. The molecular formula is C15H22O3. The summed E-state index contributed by atoms with van der Waals surface area (Å²) in [5.41, 5.74) is 0.964. The third kappa shape index (κ3) is 3.72. The van der Waals surface area contributed by atoms with Gasteiger partial charge in [0.25, 0.3) is 0 Å². The van der Waals surface area contributed by atoms with Gasteiger partial charge in [-0.2, -0.15) is 0 Å². The summed E-state index contributed by atoms with van der Waals surface area (Å²) in [5.74, 6) is 1.37. The summed E-state index contributed by atoms with van der Waals surface area (Å²) in [5, 5.41) is 10.2. The first-order valence-corrected chi connectivity index (χ1v) is 6.78. The van der Waals surface area contributed by atoms with Gasteiger partial charge in [-0.05, 0) is 42.9 Å². The Hall–Kier alpha value is -1.06. The fraction of sp³-hybridized carbons (Fsp3) is 0.600. The predicted molar refractivity (Wildman–Crippen MR) is 70.7 cm³/mol. The van der Waals surface area contributed by atoms with Gasteiger partial charge in [0.15, 0.2) is 0 Å². The zero-order chi connectivity index (χ0) is 12.8. The molecule has 0 aliphatic carbocycles. The number of aliphatic hydroxyl groups excluding tert-OH is 1. The van der Waals surface area contributed by atoms with Crippen molar-refractivity contribution < 1.29 is 14.6 Å². The van der Waals surface area contributed by atoms with Gasteiger partial charge in [-0.25, -0.2) is 0 Å². The van der Waals surface area contributed by atoms with E-state index in [1.54, 1.807) is 0 Å². The molecule has 1 aromatic rings. The molecule has 0 radical (unpaired) electrons. The number of aliphatic hydroxyl groups is 1. The highest BCUT2D eigenvalue weighted by Gasteiger charge is 2.20. The molecule has 2 unspecified atom stereocenters. The monoisotopic (exact) mass is 250 g/mol. The van der Waals surface area contributed by atoms with E-state index < -0.39 is 6.10 Å². The zero-order valence-electron chi connectivity index (χ0n) is 11.0. The normalized spacial score (nSPS) is 20.9. The summed E-state index contributed by atoms with van der Waals surface area (Å²) in [6, 6.07) is 7.76. The lowest BCUT2D eigenvalue weighted by Gasteiger charge is -2.15. The topological polar surface area (TPSA) is 38.7 Å². The molecule has 1 aliphatic rings. The number of hydrogen-bond donors (Lipinski definition) is 1. The summed E-state index contributed by atoms with van der Waals surface area (Å²) in [4.78, 5) is 0. The van der Waals surface area contributed by atoms with Crippen molar-refractivity contribution in [3.8, 4) is 5.75 Å². The molecule has 3 nitrogen and oxygen atoms in total. The molecule has 18 heavy (non-hydrogen) atoms. The second kappa shape index (κ2) is 6.76. The van der Waals surface area contributed by atoms with Gasteiger partial charge in [0.05, 0.1) is 12.7 Å². The van der Waals surface area contributed by atoms with Gasteiger partial charge in [-0.3, -0.25) is 0 Å². The predicted octanol–water partition coefficient (Wildman–Crippen LogP) is 2.94. The highest BCUT2D eigenvalue weighted by atomic mass is 16.5. The van der Waals surface area contributed by atoms with E-state index in [9.17, 15) is 5.11 Å². The fourth-order valence-electron chi connectivity index (χ4n) is 2.23. The van der Waals surface area contributed by atoms with E-state index in [2.05, 4.69) is 6.92 Å². The molecule has 1 heterocycles. The summed E-state index contributed by atoms with van der Waals surface area (Å²) < 4.78 is 10.8. The van der Waals surface area contributed by atoms with Gasteiger partial charge >= 0.3 is 0 Å². The SMILES string of the molecule is CCCOc1ccc(C(O)CC2CCOC2)cc1. The van der Waals surface area contributed by atoms with Crippen LogP contribution in [0.5, 0.6) is 5.75 Å². The van der Waals surface area contributed by atoms with Crippen LogP contribution >= 0.6 is 0 Å². The molecule has 1 N–H and O–H groups in total. The van der Waals surface area contributed by atoms with E-state index >= 15 is 0 Å². The zero-order valence-corrected chi connectivity index (χ0v) is 11.0. The number of hydrogen-bond acceptors (Lipinski definition) is 3. The molecule has 0 saturated carbocycles. The lowest BCUT2D eigenvalue weighted by molar-refractivity contribution is 0.129. The Morgan fingerprint density at radius 3 is 2.78 bits per heavy atom. The molecule has 0 amide bonds. The van der Waals surface area contributed by atoms with Crippen molar-refractivity contribution in [3.63, 3.8) is 0 Å². The van der Waals surface area contributed by atoms with Crippen molar-refractivity contribution in [2.75, 3.05) is 19.8 Å².